The summed E-state index contributed by atoms with van der Waals surface area (Å²) in [4.78, 5) is 36.7. The number of ether oxygens (including phenoxy) is 1. The summed E-state index contributed by atoms with van der Waals surface area (Å²) in [6.07, 6.45) is -0.471. The molecule has 146 valence electrons. The monoisotopic (exact) mass is 392 g/mol. The van der Waals surface area contributed by atoms with Crippen LogP contribution in [0.4, 0.5) is 16.2 Å². The van der Waals surface area contributed by atoms with Crippen molar-refractivity contribution in [2.75, 3.05) is 22.9 Å². The van der Waals surface area contributed by atoms with Crippen molar-refractivity contribution in [2.45, 2.75) is 37.8 Å². The Bertz CT molecular complexity index is 727. The van der Waals surface area contributed by atoms with Gasteiger partial charge >= 0.3 is 6.09 Å². The normalized spacial score (nSPS) is 23.6. The maximum Gasteiger partial charge on any atom is 0.414 e. The van der Waals surface area contributed by atoms with Gasteiger partial charge in [0.1, 0.15) is 6.04 Å². The van der Waals surface area contributed by atoms with Crippen LogP contribution in [0.3, 0.4) is 0 Å². The third-order valence-corrected chi connectivity index (χ3v) is 5.63. The highest BCUT2D eigenvalue weighted by molar-refractivity contribution is 8.00. The highest BCUT2D eigenvalue weighted by Crippen LogP contribution is 2.31. The minimum atomic E-state index is -0.758. The van der Waals surface area contributed by atoms with E-state index in [0.29, 0.717) is 13.0 Å². The third-order valence-electron chi connectivity index (χ3n) is 4.35. The van der Waals surface area contributed by atoms with Crippen LogP contribution in [-0.2, 0) is 14.3 Å². The second-order valence-corrected chi connectivity index (χ2v) is 8.01. The lowest BCUT2D eigenvalue weighted by Gasteiger charge is -2.29. The number of benzene rings is 1. The van der Waals surface area contributed by atoms with Crippen molar-refractivity contribution in [3.05, 3.63) is 24.3 Å². The summed E-state index contributed by atoms with van der Waals surface area (Å²) in [5.74, 6) is -0.334. The number of alkyl carbamates (subject to hydrolysis) is 1. The molecule has 3 amide bonds. The Morgan fingerprint density at radius 3 is 2.67 bits per heavy atom. The van der Waals surface area contributed by atoms with Gasteiger partial charge in [0, 0.05) is 6.54 Å². The number of anilines is 2. The van der Waals surface area contributed by atoms with Gasteiger partial charge < -0.3 is 20.7 Å². The number of fused-ring (bicyclic) bond motifs is 1. The molecule has 2 aliphatic heterocycles. The van der Waals surface area contributed by atoms with Crippen molar-refractivity contribution in [3.63, 3.8) is 0 Å². The van der Waals surface area contributed by atoms with Crippen LogP contribution in [0.1, 0.15) is 20.3 Å². The minimum Gasteiger partial charge on any atom is -0.447 e. The molecule has 3 rings (SSSR count). The largest absolute Gasteiger partial charge is 0.447 e. The molecular formula is C18H24N4O4S. The smallest absolute Gasteiger partial charge is 0.414 e. The molecule has 2 aliphatic rings. The Labute approximate surface area is 162 Å². The van der Waals surface area contributed by atoms with Crippen molar-refractivity contribution < 1.29 is 19.1 Å². The Morgan fingerprint density at radius 2 is 1.93 bits per heavy atom. The van der Waals surface area contributed by atoms with Gasteiger partial charge in [-0.15, -0.1) is 11.8 Å². The summed E-state index contributed by atoms with van der Waals surface area (Å²) in [7, 11) is 0. The fraction of sp³-hybridized carbons (Fsp3) is 0.500. The Hall–Kier alpha value is -2.42. The van der Waals surface area contributed by atoms with E-state index in [1.165, 1.54) is 11.8 Å². The first-order chi connectivity index (χ1) is 12.9. The minimum absolute atomic E-state index is 0.182. The van der Waals surface area contributed by atoms with E-state index >= 15 is 0 Å². The maximum absolute atomic E-state index is 12.6. The molecule has 0 bridgehead atoms. The van der Waals surface area contributed by atoms with Gasteiger partial charge in [-0.2, -0.15) is 0 Å². The summed E-state index contributed by atoms with van der Waals surface area (Å²) in [5.41, 5.74) is 1.83. The van der Waals surface area contributed by atoms with Gasteiger partial charge in [-0.1, -0.05) is 12.1 Å². The third kappa shape index (κ3) is 4.85. The summed E-state index contributed by atoms with van der Waals surface area (Å²) >= 11 is 1.50. The zero-order valence-corrected chi connectivity index (χ0v) is 16.1. The van der Waals surface area contributed by atoms with Crippen molar-refractivity contribution in [1.29, 1.82) is 0 Å². The summed E-state index contributed by atoms with van der Waals surface area (Å²) in [6, 6.07) is 7.24. The fourth-order valence-electron chi connectivity index (χ4n) is 3.05. The molecule has 8 nitrogen and oxygen atoms in total. The van der Waals surface area contributed by atoms with Crippen molar-refractivity contribution in [3.8, 4) is 0 Å². The van der Waals surface area contributed by atoms with E-state index in [2.05, 4.69) is 21.3 Å². The topological polar surface area (TPSA) is 109 Å². The first-order valence-electron chi connectivity index (χ1n) is 8.97. The molecule has 1 aromatic rings. The van der Waals surface area contributed by atoms with Crippen LogP contribution in [0.5, 0.6) is 0 Å². The number of carbonyl (C=O) groups excluding carboxylic acids is 3. The highest BCUT2D eigenvalue weighted by atomic mass is 32.2. The number of para-hydroxylation sites is 2. The zero-order chi connectivity index (χ0) is 19.4. The molecule has 9 heteroatoms. The number of thioether (sulfide) groups is 1. The Balaban J connectivity index is 1.55. The average Bonchev–Trinajstić information content (AvgIpc) is 3.08. The SMILES string of the molecule is CC(C)OC(=O)NC(=O)C1CCSC1NC(=O)C1CNc2ccccc2N1. The van der Waals surface area contributed by atoms with E-state index in [1.807, 2.05) is 24.3 Å². The molecule has 0 radical (unpaired) electrons. The summed E-state index contributed by atoms with van der Waals surface area (Å²) < 4.78 is 4.94. The van der Waals surface area contributed by atoms with Gasteiger partial charge in [-0.3, -0.25) is 14.9 Å². The van der Waals surface area contributed by atoms with Crippen LogP contribution in [0.15, 0.2) is 24.3 Å². The molecule has 0 aliphatic carbocycles. The van der Waals surface area contributed by atoms with E-state index < -0.39 is 24.0 Å². The molecule has 0 saturated carbocycles. The highest BCUT2D eigenvalue weighted by Gasteiger charge is 2.37. The van der Waals surface area contributed by atoms with Gasteiger partial charge in [0.15, 0.2) is 0 Å². The standard InChI is InChI=1S/C18H24N4O4S/c1-10(2)26-18(25)22-15(23)11-7-8-27-17(11)21-16(24)14-9-19-12-5-3-4-6-13(12)20-14/h3-6,10-11,14,17,19-20H,7-9H2,1-2H3,(H,21,24)(H,22,23,25). The Morgan fingerprint density at radius 1 is 1.19 bits per heavy atom. The quantitative estimate of drug-likeness (QED) is 0.618. The molecular weight excluding hydrogens is 368 g/mol. The molecule has 2 heterocycles. The van der Waals surface area contributed by atoms with Crippen LogP contribution in [0.2, 0.25) is 0 Å². The lowest BCUT2D eigenvalue weighted by molar-refractivity contribution is -0.125. The van der Waals surface area contributed by atoms with E-state index in [4.69, 9.17) is 4.74 Å². The molecule has 3 unspecified atom stereocenters. The second-order valence-electron chi connectivity index (χ2n) is 6.76. The van der Waals surface area contributed by atoms with Crippen LogP contribution in [-0.4, -0.2) is 47.7 Å². The summed E-state index contributed by atoms with van der Waals surface area (Å²) in [5, 5.41) is 11.3. The maximum atomic E-state index is 12.6. The molecule has 4 N–H and O–H groups in total. The summed E-state index contributed by atoms with van der Waals surface area (Å²) in [6.45, 7) is 3.88. The molecule has 3 atom stereocenters. The zero-order valence-electron chi connectivity index (χ0n) is 15.3. The van der Waals surface area contributed by atoms with Gasteiger partial charge in [-0.05, 0) is 38.2 Å². The first-order valence-corrected chi connectivity index (χ1v) is 10.0. The molecule has 0 aromatic heterocycles. The van der Waals surface area contributed by atoms with E-state index in [0.717, 1.165) is 17.1 Å². The molecule has 0 spiro atoms. The molecule has 1 aromatic carbocycles. The number of rotatable bonds is 4. The van der Waals surface area contributed by atoms with Gasteiger partial charge in [0.2, 0.25) is 11.8 Å². The second kappa shape index (κ2) is 8.51. The number of hydrogen-bond acceptors (Lipinski definition) is 7. The molecule has 1 fully saturated rings. The number of amides is 3. The van der Waals surface area contributed by atoms with Gasteiger partial charge in [-0.25, -0.2) is 4.79 Å². The van der Waals surface area contributed by atoms with Gasteiger partial charge in [0.25, 0.3) is 0 Å². The van der Waals surface area contributed by atoms with Crippen molar-refractivity contribution >= 4 is 41.0 Å². The number of imide groups is 1. The van der Waals surface area contributed by atoms with E-state index in [-0.39, 0.29) is 17.4 Å². The van der Waals surface area contributed by atoms with Crippen LogP contribution in [0, 0.1) is 5.92 Å². The van der Waals surface area contributed by atoms with E-state index in [9.17, 15) is 14.4 Å². The lowest BCUT2D eigenvalue weighted by atomic mass is 10.1. The van der Waals surface area contributed by atoms with E-state index in [1.54, 1.807) is 13.8 Å². The van der Waals surface area contributed by atoms with Crippen molar-refractivity contribution in [1.82, 2.24) is 10.6 Å². The first kappa shape index (κ1) is 19.3. The van der Waals surface area contributed by atoms with Gasteiger partial charge in [0.05, 0.1) is 28.8 Å². The predicted molar refractivity (Wildman–Crippen MR) is 105 cm³/mol. The fourth-order valence-corrected chi connectivity index (χ4v) is 4.39. The lowest BCUT2D eigenvalue weighted by Crippen LogP contribution is -2.51. The number of carbonyl (C=O) groups is 3. The van der Waals surface area contributed by atoms with Crippen molar-refractivity contribution in [2.24, 2.45) is 5.92 Å². The molecule has 1 saturated heterocycles. The van der Waals surface area contributed by atoms with Crippen LogP contribution < -0.4 is 21.3 Å². The number of nitrogens with one attached hydrogen (secondary N) is 4. The molecule has 27 heavy (non-hydrogen) atoms. The number of hydrogen-bond donors (Lipinski definition) is 4. The predicted octanol–water partition coefficient (Wildman–Crippen LogP) is 1.75. The Kier molecular flexibility index (Phi) is 6.10. The van der Waals surface area contributed by atoms with Crippen LogP contribution in [0.25, 0.3) is 0 Å². The van der Waals surface area contributed by atoms with Crippen LogP contribution >= 0.6 is 11.8 Å². The average molecular weight is 392 g/mol.